The maximum absolute atomic E-state index is 13.6. The summed E-state index contributed by atoms with van der Waals surface area (Å²) in [6, 6.07) is 21.2. The number of hydrogen-bond acceptors (Lipinski definition) is 5. The molecule has 5 rings (SSSR count). The molecule has 0 bridgehead atoms. The van der Waals surface area contributed by atoms with Crippen LogP contribution in [-0.4, -0.2) is 40.8 Å². The number of benzene rings is 2. The zero-order valence-corrected chi connectivity index (χ0v) is 19.0. The van der Waals surface area contributed by atoms with E-state index in [9.17, 15) is 14.4 Å². The number of fused-ring (bicyclic) bond motifs is 1. The molecule has 7 heteroatoms. The molecule has 0 aliphatic carbocycles. The average molecular weight is 458 g/mol. The summed E-state index contributed by atoms with van der Waals surface area (Å²) in [5.74, 6) is -0.313. The summed E-state index contributed by atoms with van der Waals surface area (Å²) < 4.78 is 1.60. The summed E-state index contributed by atoms with van der Waals surface area (Å²) in [4.78, 5) is 42.2. The van der Waals surface area contributed by atoms with Crippen LogP contribution >= 0.6 is 11.3 Å². The highest BCUT2D eigenvalue weighted by Gasteiger charge is 2.30. The smallest absolute Gasteiger partial charge is 0.256 e. The van der Waals surface area contributed by atoms with Crippen LogP contribution in [0.4, 0.5) is 5.00 Å². The Morgan fingerprint density at radius 1 is 0.970 bits per heavy atom. The Kier molecular flexibility index (Phi) is 5.66. The first-order valence-corrected chi connectivity index (χ1v) is 11.7. The molecule has 1 fully saturated rings. The zero-order chi connectivity index (χ0) is 22.9. The predicted octanol–water partition coefficient (Wildman–Crippen LogP) is 4.32. The molecule has 0 saturated carbocycles. The van der Waals surface area contributed by atoms with E-state index in [-0.39, 0.29) is 23.3 Å². The lowest BCUT2D eigenvalue weighted by Crippen LogP contribution is -2.37. The van der Waals surface area contributed by atoms with E-state index in [2.05, 4.69) is 5.32 Å². The van der Waals surface area contributed by atoms with Gasteiger partial charge < -0.3 is 5.32 Å². The van der Waals surface area contributed by atoms with Gasteiger partial charge in [-0.2, -0.15) is 0 Å². The van der Waals surface area contributed by atoms with Gasteiger partial charge in [-0.3, -0.25) is 23.9 Å². The van der Waals surface area contributed by atoms with Gasteiger partial charge in [0.05, 0.1) is 17.3 Å². The summed E-state index contributed by atoms with van der Waals surface area (Å²) in [7, 11) is 1.94. The van der Waals surface area contributed by atoms with E-state index in [0.29, 0.717) is 32.0 Å². The van der Waals surface area contributed by atoms with Gasteiger partial charge in [0.1, 0.15) is 9.83 Å². The molecule has 1 amide bonds. The SMILES string of the molecule is CN1CCC[C@@H]1C(=O)Nc1sc2c(ccc(=O)n2-c2ccccc2)c1C(=O)c1ccccc1. The number of amides is 1. The Hall–Kier alpha value is -3.55. The minimum absolute atomic E-state index is 0.128. The van der Waals surface area contributed by atoms with Crippen molar-refractivity contribution in [3.05, 3.63) is 94.3 Å². The van der Waals surface area contributed by atoms with Crippen molar-refractivity contribution in [3.63, 3.8) is 0 Å². The molecule has 2 aromatic carbocycles. The molecule has 1 atom stereocenters. The maximum atomic E-state index is 13.6. The lowest BCUT2D eigenvalue weighted by atomic mass is 10.0. The van der Waals surface area contributed by atoms with Crippen LogP contribution in [0.15, 0.2) is 77.6 Å². The number of anilines is 1. The van der Waals surface area contributed by atoms with Gasteiger partial charge in [0.2, 0.25) is 5.91 Å². The number of rotatable bonds is 5. The number of hydrogen-bond donors (Lipinski definition) is 1. The number of nitrogens with one attached hydrogen (secondary N) is 1. The van der Waals surface area contributed by atoms with Crippen LogP contribution in [0, 0.1) is 0 Å². The van der Waals surface area contributed by atoms with Crippen LogP contribution in [-0.2, 0) is 4.79 Å². The van der Waals surface area contributed by atoms with Gasteiger partial charge in [-0.25, -0.2) is 0 Å². The van der Waals surface area contributed by atoms with E-state index in [1.807, 2.05) is 60.5 Å². The van der Waals surface area contributed by atoms with Gasteiger partial charge in [-0.05, 0) is 44.6 Å². The second-order valence-corrected chi connectivity index (χ2v) is 9.19. The maximum Gasteiger partial charge on any atom is 0.256 e. The number of carbonyl (C=O) groups is 2. The number of carbonyl (C=O) groups excluding carboxylic acids is 2. The van der Waals surface area contributed by atoms with Crippen molar-refractivity contribution in [2.75, 3.05) is 18.9 Å². The fourth-order valence-corrected chi connectivity index (χ4v) is 5.60. The third kappa shape index (κ3) is 3.90. The van der Waals surface area contributed by atoms with Gasteiger partial charge in [0.25, 0.3) is 5.56 Å². The number of nitrogens with zero attached hydrogens (tertiary/aromatic N) is 2. The Balaban J connectivity index is 1.70. The van der Waals surface area contributed by atoms with Crippen molar-refractivity contribution in [3.8, 4) is 5.69 Å². The first-order chi connectivity index (χ1) is 16.0. The molecule has 2 aromatic heterocycles. The molecule has 1 aliphatic heterocycles. The number of pyridine rings is 1. The number of likely N-dealkylation sites (tertiary alicyclic amines) is 1. The zero-order valence-electron chi connectivity index (χ0n) is 18.2. The summed E-state index contributed by atoms with van der Waals surface area (Å²) in [6.45, 7) is 0.869. The van der Waals surface area contributed by atoms with Crippen molar-refractivity contribution < 1.29 is 9.59 Å². The van der Waals surface area contributed by atoms with E-state index < -0.39 is 0 Å². The minimum atomic E-state index is -0.230. The average Bonchev–Trinajstić information content (AvgIpc) is 3.42. The number of aromatic nitrogens is 1. The summed E-state index contributed by atoms with van der Waals surface area (Å²) in [5, 5.41) is 4.14. The Bertz CT molecular complexity index is 1390. The number of ketones is 1. The van der Waals surface area contributed by atoms with Crippen molar-refractivity contribution in [1.82, 2.24) is 9.47 Å². The second kappa shape index (κ2) is 8.77. The molecule has 3 heterocycles. The van der Waals surface area contributed by atoms with Crippen LogP contribution in [0.3, 0.4) is 0 Å². The molecule has 33 heavy (non-hydrogen) atoms. The third-order valence-electron chi connectivity index (χ3n) is 6.08. The number of likely N-dealkylation sites (N-methyl/N-ethyl adjacent to an activating group) is 1. The summed E-state index contributed by atoms with van der Waals surface area (Å²) in [5.41, 5.74) is 1.46. The fourth-order valence-electron chi connectivity index (χ4n) is 4.39. The highest BCUT2D eigenvalue weighted by molar-refractivity contribution is 7.23. The Labute approximate surface area is 195 Å². The van der Waals surface area contributed by atoms with E-state index in [1.54, 1.807) is 22.8 Å². The molecule has 4 aromatic rings. The van der Waals surface area contributed by atoms with Crippen molar-refractivity contribution in [2.24, 2.45) is 0 Å². The quantitative estimate of drug-likeness (QED) is 0.453. The lowest BCUT2D eigenvalue weighted by molar-refractivity contribution is -0.119. The topological polar surface area (TPSA) is 71.4 Å². The first-order valence-electron chi connectivity index (χ1n) is 10.9. The highest BCUT2D eigenvalue weighted by Crippen LogP contribution is 2.38. The van der Waals surface area contributed by atoms with Crippen LogP contribution in [0.5, 0.6) is 0 Å². The monoisotopic (exact) mass is 457 g/mol. The minimum Gasteiger partial charge on any atom is -0.316 e. The normalized spacial score (nSPS) is 16.2. The fraction of sp³-hybridized carbons (Fsp3) is 0.192. The number of thiophene rings is 1. The molecular weight excluding hydrogens is 434 g/mol. The van der Waals surface area contributed by atoms with Crippen molar-refractivity contribution >= 4 is 38.2 Å². The molecule has 0 radical (unpaired) electrons. The van der Waals surface area contributed by atoms with Gasteiger partial charge in [0, 0.05) is 17.0 Å². The van der Waals surface area contributed by atoms with Crippen LogP contribution in [0.2, 0.25) is 0 Å². The second-order valence-electron chi connectivity index (χ2n) is 8.19. The predicted molar refractivity (Wildman–Crippen MR) is 132 cm³/mol. The van der Waals surface area contributed by atoms with Gasteiger partial charge in [-0.15, -0.1) is 0 Å². The van der Waals surface area contributed by atoms with E-state index >= 15 is 0 Å². The molecule has 1 saturated heterocycles. The van der Waals surface area contributed by atoms with E-state index in [1.165, 1.54) is 17.4 Å². The van der Waals surface area contributed by atoms with Crippen LogP contribution in [0.25, 0.3) is 15.9 Å². The third-order valence-corrected chi connectivity index (χ3v) is 7.18. The van der Waals surface area contributed by atoms with Crippen LogP contribution in [0.1, 0.15) is 28.8 Å². The number of para-hydroxylation sites is 1. The molecule has 166 valence electrons. The Morgan fingerprint density at radius 2 is 1.67 bits per heavy atom. The van der Waals surface area contributed by atoms with Gasteiger partial charge in [0.15, 0.2) is 5.78 Å². The van der Waals surface area contributed by atoms with Crippen molar-refractivity contribution in [1.29, 1.82) is 0 Å². The molecule has 6 nitrogen and oxygen atoms in total. The summed E-state index contributed by atoms with van der Waals surface area (Å²) >= 11 is 1.26. The largest absolute Gasteiger partial charge is 0.316 e. The van der Waals surface area contributed by atoms with Gasteiger partial charge >= 0.3 is 0 Å². The van der Waals surface area contributed by atoms with E-state index in [0.717, 1.165) is 19.4 Å². The lowest BCUT2D eigenvalue weighted by Gasteiger charge is -2.18. The van der Waals surface area contributed by atoms with Gasteiger partial charge in [-0.1, -0.05) is 59.9 Å². The molecule has 1 N–H and O–H groups in total. The Morgan fingerprint density at radius 3 is 2.33 bits per heavy atom. The standard InChI is InChI=1S/C26H23N3O3S/c1-28-16-8-13-20(28)24(32)27-25-22(23(31)17-9-4-2-5-10-17)19-14-15-21(30)29(26(19)33-25)18-11-6-3-7-12-18/h2-7,9-12,14-15,20H,8,13,16H2,1H3,(H,27,32)/t20-/m1/s1. The van der Waals surface area contributed by atoms with Crippen molar-refractivity contribution in [2.45, 2.75) is 18.9 Å². The molecule has 0 spiro atoms. The molecule has 1 aliphatic rings. The summed E-state index contributed by atoms with van der Waals surface area (Å²) in [6.07, 6.45) is 1.74. The van der Waals surface area contributed by atoms with E-state index in [4.69, 9.17) is 0 Å². The first kappa shape index (κ1) is 21.3. The highest BCUT2D eigenvalue weighted by atomic mass is 32.1. The molecular formula is C26H23N3O3S. The molecule has 0 unspecified atom stereocenters. The van der Waals surface area contributed by atoms with Crippen LogP contribution < -0.4 is 10.9 Å².